The molecule has 1 aromatic carbocycles. The molecular weight excluding hydrogens is 218 g/mol. The maximum absolute atomic E-state index is 11.5. The average molecular weight is 235 g/mol. The lowest BCUT2D eigenvalue weighted by Gasteiger charge is -2.09. The van der Waals surface area contributed by atoms with E-state index in [1.165, 1.54) is 0 Å². The molecule has 1 amide bonds. The van der Waals surface area contributed by atoms with E-state index in [9.17, 15) is 4.79 Å². The number of thioether (sulfide) groups is 1. The van der Waals surface area contributed by atoms with Gasteiger partial charge in [-0.2, -0.15) is 0 Å². The van der Waals surface area contributed by atoms with E-state index >= 15 is 0 Å². The van der Waals surface area contributed by atoms with Gasteiger partial charge in [0.1, 0.15) is 0 Å². The second-order valence-corrected chi connectivity index (χ2v) is 4.46. The molecule has 0 radical (unpaired) electrons. The summed E-state index contributed by atoms with van der Waals surface area (Å²) in [6.07, 6.45) is 3.30. The summed E-state index contributed by atoms with van der Waals surface area (Å²) in [7, 11) is 0. The van der Waals surface area contributed by atoms with Gasteiger partial charge in [-0.3, -0.25) is 4.79 Å². The van der Waals surface area contributed by atoms with Gasteiger partial charge in [0.2, 0.25) is 5.91 Å². The van der Waals surface area contributed by atoms with Crippen LogP contribution in [0.25, 0.3) is 0 Å². The molecule has 0 unspecified atom stereocenters. The summed E-state index contributed by atoms with van der Waals surface area (Å²) >= 11 is 1.67. The van der Waals surface area contributed by atoms with Gasteiger partial charge in [-0.15, -0.1) is 18.3 Å². The van der Waals surface area contributed by atoms with Crippen molar-refractivity contribution in [1.29, 1.82) is 0 Å². The molecule has 0 fully saturated rings. The molecule has 0 aliphatic heterocycles. The number of benzene rings is 1. The van der Waals surface area contributed by atoms with Crippen LogP contribution in [0.5, 0.6) is 0 Å². The van der Waals surface area contributed by atoms with Crippen LogP contribution >= 0.6 is 11.8 Å². The van der Waals surface area contributed by atoms with Crippen molar-refractivity contribution in [3.05, 3.63) is 36.9 Å². The predicted molar refractivity (Wildman–Crippen MR) is 70.9 cm³/mol. The molecule has 0 saturated heterocycles. The number of rotatable bonds is 6. The minimum Gasteiger partial charge on any atom is -0.325 e. The topological polar surface area (TPSA) is 29.1 Å². The number of hydrogen-bond acceptors (Lipinski definition) is 2. The fourth-order valence-electron chi connectivity index (χ4n) is 1.28. The first-order chi connectivity index (χ1) is 7.77. The van der Waals surface area contributed by atoms with Gasteiger partial charge < -0.3 is 5.32 Å². The van der Waals surface area contributed by atoms with Crippen LogP contribution in [0.4, 0.5) is 5.69 Å². The van der Waals surface area contributed by atoms with Crippen molar-refractivity contribution < 1.29 is 4.79 Å². The van der Waals surface area contributed by atoms with Crippen molar-refractivity contribution in [2.45, 2.75) is 24.7 Å². The normalized spacial score (nSPS) is 9.81. The van der Waals surface area contributed by atoms with Crippen LogP contribution in [-0.4, -0.2) is 11.7 Å². The fourth-order valence-corrected chi connectivity index (χ4v) is 2.03. The van der Waals surface area contributed by atoms with Gasteiger partial charge in [-0.25, -0.2) is 0 Å². The highest BCUT2D eigenvalue weighted by Gasteiger charge is 2.05. The molecule has 0 spiro atoms. The van der Waals surface area contributed by atoms with Crippen molar-refractivity contribution in [1.82, 2.24) is 0 Å². The Kier molecular flexibility index (Phi) is 5.72. The van der Waals surface area contributed by atoms with E-state index in [2.05, 4.69) is 11.9 Å². The fraction of sp³-hybridized carbons (Fsp3) is 0.308. The monoisotopic (exact) mass is 235 g/mol. The molecule has 0 heterocycles. The number of carbonyl (C=O) groups is 1. The maximum Gasteiger partial charge on any atom is 0.224 e. The first-order valence-corrected chi connectivity index (χ1v) is 6.39. The zero-order valence-corrected chi connectivity index (χ0v) is 10.3. The summed E-state index contributed by atoms with van der Waals surface area (Å²) in [4.78, 5) is 12.6. The molecule has 0 atom stereocenters. The Balaban J connectivity index is 2.70. The van der Waals surface area contributed by atoms with E-state index in [0.29, 0.717) is 6.42 Å². The lowest BCUT2D eigenvalue weighted by molar-refractivity contribution is -0.116. The van der Waals surface area contributed by atoms with E-state index in [1.807, 2.05) is 37.3 Å². The van der Waals surface area contributed by atoms with Gasteiger partial charge >= 0.3 is 0 Å². The second-order valence-electron chi connectivity index (χ2n) is 3.39. The Hall–Kier alpha value is -1.22. The highest BCUT2D eigenvalue weighted by atomic mass is 32.2. The highest BCUT2D eigenvalue weighted by molar-refractivity contribution is 7.99. The number of para-hydroxylation sites is 1. The molecule has 3 heteroatoms. The quantitative estimate of drug-likeness (QED) is 0.601. The van der Waals surface area contributed by atoms with E-state index in [4.69, 9.17) is 0 Å². The first-order valence-electron chi connectivity index (χ1n) is 5.40. The third-order valence-electron chi connectivity index (χ3n) is 1.99. The highest BCUT2D eigenvalue weighted by Crippen LogP contribution is 2.26. The first kappa shape index (κ1) is 12.8. The van der Waals surface area contributed by atoms with Crippen molar-refractivity contribution in [3.8, 4) is 0 Å². The summed E-state index contributed by atoms with van der Waals surface area (Å²) in [6, 6.07) is 7.84. The Morgan fingerprint density at radius 3 is 2.94 bits per heavy atom. The Morgan fingerprint density at radius 1 is 1.50 bits per heavy atom. The van der Waals surface area contributed by atoms with Gasteiger partial charge in [0.15, 0.2) is 0 Å². The molecule has 16 heavy (non-hydrogen) atoms. The van der Waals surface area contributed by atoms with Crippen molar-refractivity contribution in [2.24, 2.45) is 0 Å². The smallest absolute Gasteiger partial charge is 0.224 e. The second kappa shape index (κ2) is 7.12. The van der Waals surface area contributed by atoms with Crippen molar-refractivity contribution >= 4 is 23.4 Å². The number of anilines is 1. The molecule has 0 aliphatic rings. The van der Waals surface area contributed by atoms with Gasteiger partial charge in [0.25, 0.3) is 0 Å². The number of carbonyl (C=O) groups excluding carboxylic acids is 1. The van der Waals surface area contributed by atoms with Gasteiger partial charge in [-0.05, 0) is 18.6 Å². The predicted octanol–water partition coefficient (Wildman–Crippen LogP) is 3.70. The molecule has 0 bridgehead atoms. The Labute approximate surface area is 101 Å². The zero-order valence-electron chi connectivity index (χ0n) is 9.53. The molecule has 1 N–H and O–H groups in total. The lowest BCUT2D eigenvalue weighted by Crippen LogP contribution is -2.11. The summed E-state index contributed by atoms with van der Waals surface area (Å²) in [6.45, 7) is 5.69. The average Bonchev–Trinajstić information content (AvgIpc) is 2.28. The molecule has 86 valence electrons. The Bertz CT molecular complexity index is 363. The minimum atomic E-state index is 0.0779. The molecule has 0 aliphatic carbocycles. The standard InChI is InChI=1S/C13H17NOS/c1-3-7-13(15)14-11-8-5-6-9-12(11)16-10-4-2/h4-6,8-9H,2-3,7,10H2,1H3,(H,14,15). The van der Waals surface area contributed by atoms with Crippen LogP contribution in [0.15, 0.2) is 41.8 Å². The van der Waals surface area contributed by atoms with Crippen molar-refractivity contribution in [3.63, 3.8) is 0 Å². The Morgan fingerprint density at radius 2 is 2.25 bits per heavy atom. The molecule has 0 saturated carbocycles. The molecular formula is C13H17NOS. The van der Waals surface area contributed by atoms with Crippen LogP contribution in [0.1, 0.15) is 19.8 Å². The van der Waals surface area contributed by atoms with Crippen LogP contribution in [0, 0.1) is 0 Å². The van der Waals surface area contributed by atoms with Gasteiger partial charge in [0, 0.05) is 17.1 Å². The molecule has 1 aromatic rings. The van der Waals surface area contributed by atoms with Crippen LogP contribution < -0.4 is 5.32 Å². The van der Waals surface area contributed by atoms with Crippen LogP contribution in [0.3, 0.4) is 0 Å². The number of nitrogens with one attached hydrogen (secondary N) is 1. The number of hydrogen-bond donors (Lipinski definition) is 1. The largest absolute Gasteiger partial charge is 0.325 e. The van der Waals surface area contributed by atoms with E-state index in [-0.39, 0.29) is 5.91 Å². The summed E-state index contributed by atoms with van der Waals surface area (Å²) in [5, 5.41) is 2.93. The van der Waals surface area contributed by atoms with Gasteiger partial charge in [0.05, 0.1) is 5.69 Å². The maximum atomic E-state index is 11.5. The minimum absolute atomic E-state index is 0.0779. The SMILES string of the molecule is C=CCSc1ccccc1NC(=O)CCC. The molecule has 1 rings (SSSR count). The molecule has 0 aromatic heterocycles. The van der Waals surface area contributed by atoms with Crippen LogP contribution in [-0.2, 0) is 4.79 Å². The summed E-state index contributed by atoms with van der Waals surface area (Å²) < 4.78 is 0. The third-order valence-corrected chi connectivity index (χ3v) is 3.06. The van der Waals surface area contributed by atoms with E-state index in [1.54, 1.807) is 11.8 Å². The number of amides is 1. The van der Waals surface area contributed by atoms with Crippen LogP contribution in [0.2, 0.25) is 0 Å². The van der Waals surface area contributed by atoms with Gasteiger partial charge in [-0.1, -0.05) is 25.1 Å². The zero-order chi connectivity index (χ0) is 11.8. The molecule has 2 nitrogen and oxygen atoms in total. The van der Waals surface area contributed by atoms with E-state index < -0.39 is 0 Å². The third kappa shape index (κ3) is 4.11. The summed E-state index contributed by atoms with van der Waals surface area (Å²) in [5.41, 5.74) is 0.896. The lowest BCUT2D eigenvalue weighted by atomic mass is 10.3. The van der Waals surface area contributed by atoms with Crippen molar-refractivity contribution in [2.75, 3.05) is 11.1 Å². The summed E-state index contributed by atoms with van der Waals surface area (Å²) in [5.74, 6) is 0.926. The van der Waals surface area contributed by atoms with E-state index in [0.717, 1.165) is 22.8 Å².